The zero-order valence-corrected chi connectivity index (χ0v) is 11.0. The van der Waals surface area contributed by atoms with E-state index in [1.165, 1.54) is 11.1 Å². The molecule has 2 atom stereocenters. The fourth-order valence-corrected chi connectivity index (χ4v) is 2.07. The zero-order chi connectivity index (χ0) is 12.3. The Hall–Kier alpha value is -0.800. The number of methoxy groups -OCH3 is 1. The van der Waals surface area contributed by atoms with Crippen LogP contribution in [-0.2, 0) is 4.74 Å². The van der Waals surface area contributed by atoms with E-state index in [9.17, 15) is 0 Å². The quantitative estimate of drug-likeness (QED) is 0.838. The van der Waals surface area contributed by atoms with Gasteiger partial charge in [0.2, 0.25) is 0 Å². The number of furan rings is 1. The van der Waals surface area contributed by atoms with Crippen LogP contribution in [0.4, 0.5) is 0 Å². The molecule has 0 aliphatic carbocycles. The molecule has 1 aromatic heterocycles. The van der Waals surface area contributed by atoms with E-state index >= 15 is 0 Å². The Kier molecular flexibility index (Phi) is 4.56. The number of nitrogens with two attached hydrogens (primary N) is 1. The maximum Gasteiger partial charge on any atom is 0.106 e. The van der Waals surface area contributed by atoms with Gasteiger partial charge in [0.25, 0.3) is 0 Å². The predicted octanol–water partition coefficient (Wildman–Crippen LogP) is 2.88. The van der Waals surface area contributed by atoms with Crippen LogP contribution in [0.5, 0.6) is 0 Å². The molecule has 3 nitrogen and oxygen atoms in total. The van der Waals surface area contributed by atoms with Gasteiger partial charge in [-0.25, -0.2) is 0 Å². The molecule has 0 spiro atoms. The lowest BCUT2D eigenvalue weighted by Crippen LogP contribution is -2.21. The Morgan fingerprint density at radius 1 is 1.25 bits per heavy atom. The number of aryl methyl sites for hydroxylation is 2. The summed E-state index contributed by atoms with van der Waals surface area (Å²) in [4.78, 5) is 0. The molecule has 2 N–H and O–H groups in total. The summed E-state index contributed by atoms with van der Waals surface area (Å²) in [6, 6.07) is 0.0348. The van der Waals surface area contributed by atoms with Crippen LogP contribution in [-0.4, -0.2) is 13.7 Å². The van der Waals surface area contributed by atoms with Crippen molar-refractivity contribution in [1.82, 2.24) is 0 Å². The van der Waals surface area contributed by atoms with E-state index < -0.39 is 0 Å². The summed E-state index contributed by atoms with van der Waals surface area (Å²) in [5.41, 5.74) is 8.64. The van der Waals surface area contributed by atoms with Crippen LogP contribution in [0.3, 0.4) is 0 Å². The fraction of sp³-hybridized carbons (Fsp3) is 0.692. The fourth-order valence-electron chi connectivity index (χ4n) is 2.07. The largest absolute Gasteiger partial charge is 0.466 e. The molecule has 1 rings (SSSR count). The molecule has 3 heteroatoms. The first-order valence-corrected chi connectivity index (χ1v) is 5.80. The van der Waals surface area contributed by atoms with Crippen LogP contribution in [0, 0.1) is 26.7 Å². The van der Waals surface area contributed by atoms with Gasteiger partial charge in [0, 0.05) is 25.3 Å². The van der Waals surface area contributed by atoms with Crippen LogP contribution in [0.2, 0.25) is 0 Å². The molecule has 0 amide bonds. The average molecular weight is 225 g/mol. The zero-order valence-electron chi connectivity index (χ0n) is 11.0. The SMILES string of the molecule is COCCC(C)C(N)c1c(C)oc(C)c1C. The highest BCUT2D eigenvalue weighted by atomic mass is 16.5. The molecule has 0 fully saturated rings. The lowest BCUT2D eigenvalue weighted by Gasteiger charge is -2.20. The van der Waals surface area contributed by atoms with Gasteiger partial charge >= 0.3 is 0 Å². The highest BCUT2D eigenvalue weighted by molar-refractivity contribution is 5.34. The lowest BCUT2D eigenvalue weighted by atomic mass is 9.90. The minimum Gasteiger partial charge on any atom is -0.466 e. The molecule has 0 bridgehead atoms. The van der Waals surface area contributed by atoms with E-state index in [-0.39, 0.29) is 6.04 Å². The van der Waals surface area contributed by atoms with Gasteiger partial charge in [-0.2, -0.15) is 0 Å². The summed E-state index contributed by atoms with van der Waals surface area (Å²) in [6.07, 6.45) is 0.973. The highest BCUT2D eigenvalue weighted by Crippen LogP contribution is 2.31. The molecule has 92 valence electrons. The third kappa shape index (κ3) is 2.66. The monoisotopic (exact) mass is 225 g/mol. The third-order valence-corrected chi connectivity index (χ3v) is 3.34. The maximum absolute atomic E-state index is 6.28. The summed E-state index contributed by atoms with van der Waals surface area (Å²) in [7, 11) is 1.72. The number of rotatable bonds is 5. The van der Waals surface area contributed by atoms with E-state index in [1.807, 2.05) is 13.8 Å². The van der Waals surface area contributed by atoms with Gasteiger partial charge in [0.05, 0.1) is 0 Å². The van der Waals surface area contributed by atoms with Gasteiger partial charge in [-0.3, -0.25) is 0 Å². The molecule has 0 radical (unpaired) electrons. The van der Waals surface area contributed by atoms with E-state index in [2.05, 4.69) is 13.8 Å². The van der Waals surface area contributed by atoms with Gasteiger partial charge in [0.1, 0.15) is 11.5 Å². The number of ether oxygens (including phenoxy) is 1. The van der Waals surface area contributed by atoms with E-state index in [0.29, 0.717) is 5.92 Å². The van der Waals surface area contributed by atoms with Crippen molar-refractivity contribution in [1.29, 1.82) is 0 Å². The van der Waals surface area contributed by atoms with Crippen molar-refractivity contribution < 1.29 is 9.15 Å². The Bertz CT molecular complexity index is 344. The van der Waals surface area contributed by atoms with Crippen molar-refractivity contribution in [3.8, 4) is 0 Å². The van der Waals surface area contributed by atoms with Crippen LogP contribution < -0.4 is 5.73 Å². The van der Waals surface area contributed by atoms with E-state index in [4.69, 9.17) is 14.9 Å². The average Bonchev–Trinajstić information content (AvgIpc) is 2.49. The first-order valence-electron chi connectivity index (χ1n) is 5.80. The van der Waals surface area contributed by atoms with Gasteiger partial charge in [-0.05, 0) is 38.7 Å². The van der Waals surface area contributed by atoms with Gasteiger partial charge in [-0.1, -0.05) is 6.92 Å². The molecule has 2 unspecified atom stereocenters. The van der Waals surface area contributed by atoms with E-state index in [0.717, 1.165) is 24.5 Å². The molecule has 0 aromatic carbocycles. The second-order valence-electron chi connectivity index (χ2n) is 4.54. The van der Waals surface area contributed by atoms with Crippen molar-refractivity contribution in [2.24, 2.45) is 11.7 Å². The van der Waals surface area contributed by atoms with Crippen LogP contribution in [0.25, 0.3) is 0 Å². The van der Waals surface area contributed by atoms with Crippen molar-refractivity contribution in [3.05, 3.63) is 22.6 Å². The molecule has 0 saturated heterocycles. The Labute approximate surface area is 98.0 Å². The Morgan fingerprint density at radius 2 is 1.88 bits per heavy atom. The molecule has 16 heavy (non-hydrogen) atoms. The minimum atomic E-state index is 0.0348. The van der Waals surface area contributed by atoms with Crippen molar-refractivity contribution >= 4 is 0 Å². The molecular formula is C13H23NO2. The summed E-state index contributed by atoms with van der Waals surface area (Å²) < 4.78 is 10.7. The molecule has 0 saturated carbocycles. The third-order valence-electron chi connectivity index (χ3n) is 3.34. The first kappa shape index (κ1) is 13.3. The Balaban J connectivity index is 2.82. The predicted molar refractivity (Wildman–Crippen MR) is 65.5 cm³/mol. The van der Waals surface area contributed by atoms with Crippen molar-refractivity contribution in [2.45, 2.75) is 40.2 Å². The summed E-state index contributed by atoms with van der Waals surface area (Å²) in [5.74, 6) is 2.32. The standard InChI is InChI=1S/C13H23NO2/c1-8(6-7-15-5)13(14)12-9(2)10(3)16-11(12)4/h8,13H,6-7,14H2,1-5H3. The molecule has 1 aromatic rings. The number of hydrogen-bond acceptors (Lipinski definition) is 3. The molecular weight excluding hydrogens is 202 g/mol. The van der Waals surface area contributed by atoms with E-state index in [1.54, 1.807) is 7.11 Å². The summed E-state index contributed by atoms with van der Waals surface area (Å²) in [6.45, 7) is 8.95. The summed E-state index contributed by atoms with van der Waals surface area (Å²) in [5, 5.41) is 0. The molecule has 0 aliphatic heterocycles. The summed E-state index contributed by atoms with van der Waals surface area (Å²) >= 11 is 0. The second kappa shape index (κ2) is 5.51. The van der Waals surface area contributed by atoms with Crippen LogP contribution in [0.1, 0.15) is 42.0 Å². The van der Waals surface area contributed by atoms with Gasteiger partial charge < -0.3 is 14.9 Å². The van der Waals surface area contributed by atoms with Gasteiger partial charge in [0.15, 0.2) is 0 Å². The lowest BCUT2D eigenvalue weighted by molar-refractivity contribution is 0.174. The Morgan fingerprint density at radius 3 is 2.31 bits per heavy atom. The van der Waals surface area contributed by atoms with Crippen LogP contribution in [0.15, 0.2) is 4.42 Å². The topological polar surface area (TPSA) is 48.4 Å². The van der Waals surface area contributed by atoms with Crippen molar-refractivity contribution in [2.75, 3.05) is 13.7 Å². The van der Waals surface area contributed by atoms with Gasteiger partial charge in [-0.15, -0.1) is 0 Å². The molecule has 1 heterocycles. The first-order chi connectivity index (χ1) is 7.49. The maximum atomic E-state index is 6.28. The number of hydrogen-bond donors (Lipinski definition) is 1. The second-order valence-corrected chi connectivity index (χ2v) is 4.54. The van der Waals surface area contributed by atoms with Crippen LogP contribution >= 0.6 is 0 Å². The molecule has 0 aliphatic rings. The normalized spacial score (nSPS) is 15.1. The highest BCUT2D eigenvalue weighted by Gasteiger charge is 2.22. The minimum absolute atomic E-state index is 0.0348. The van der Waals surface area contributed by atoms with Crippen molar-refractivity contribution in [3.63, 3.8) is 0 Å². The smallest absolute Gasteiger partial charge is 0.106 e.